The topological polar surface area (TPSA) is 95.3 Å². The molecule has 0 spiro atoms. The zero-order chi connectivity index (χ0) is 25.2. The molecule has 0 aliphatic rings. The summed E-state index contributed by atoms with van der Waals surface area (Å²) in [5, 5.41) is 11.9. The van der Waals surface area contributed by atoms with Crippen molar-refractivity contribution in [1.29, 1.82) is 0 Å². The third-order valence-electron chi connectivity index (χ3n) is 5.17. The molecule has 0 atom stereocenters. The summed E-state index contributed by atoms with van der Waals surface area (Å²) >= 11 is 1.27. The molecule has 9 heteroatoms. The van der Waals surface area contributed by atoms with Crippen LogP contribution < -0.4 is 10.1 Å². The Kier molecular flexibility index (Phi) is 9.48. The lowest BCUT2D eigenvalue weighted by Crippen LogP contribution is -2.15. The predicted octanol–water partition coefficient (Wildman–Crippen LogP) is 4.96. The van der Waals surface area contributed by atoms with Crippen LogP contribution in [0.4, 0.5) is 5.69 Å². The van der Waals surface area contributed by atoms with Crippen LogP contribution in [0.1, 0.15) is 40.7 Å². The van der Waals surface area contributed by atoms with Gasteiger partial charge in [-0.25, -0.2) is 4.79 Å². The van der Waals surface area contributed by atoms with E-state index in [4.69, 9.17) is 9.47 Å². The number of carbonyl (C=O) groups excluding carboxylic acids is 2. The van der Waals surface area contributed by atoms with Gasteiger partial charge in [-0.3, -0.25) is 9.36 Å². The van der Waals surface area contributed by atoms with E-state index in [0.29, 0.717) is 35.4 Å². The molecule has 35 heavy (non-hydrogen) atoms. The Morgan fingerprint density at radius 3 is 2.74 bits per heavy atom. The number of ether oxygens (including phenoxy) is 2. The van der Waals surface area contributed by atoms with E-state index in [0.717, 1.165) is 23.3 Å². The summed E-state index contributed by atoms with van der Waals surface area (Å²) in [5.41, 5.74) is 3.15. The summed E-state index contributed by atoms with van der Waals surface area (Å²) in [6.07, 6.45) is 2.49. The Labute approximate surface area is 209 Å². The second kappa shape index (κ2) is 12.8. The van der Waals surface area contributed by atoms with E-state index in [1.165, 1.54) is 11.8 Å². The van der Waals surface area contributed by atoms with Crippen LogP contribution in [-0.4, -0.2) is 39.0 Å². The van der Waals surface area contributed by atoms with E-state index in [2.05, 4.69) is 22.1 Å². The fourth-order valence-electron chi connectivity index (χ4n) is 3.20. The fourth-order valence-corrected chi connectivity index (χ4v) is 3.96. The first-order chi connectivity index (χ1) is 16.9. The molecule has 0 aliphatic heterocycles. The van der Waals surface area contributed by atoms with Gasteiger partial charge in [0, 0.05) is 12.2 Å². The van der Waals surface area contributed by atoms with E-state index in [1.807, 2.05) is 43.5 Å². The number of carbonyl (C=O) groups is 2. The van der Waals surface area contributed by atoms with E-state index in [9.17, 15) is 9.59 Å². The van der Waals surface area contributed by atoms with Crippen molar-refractivity contribution in [2.24, 2.45) is 0 Å². The molecule has 0 bridgehead atoms. The Hall–Kier alpha value is -3.59. The van der Waals surface area contributed by atoms with E-state index in [-0.39, 0.29) is 18.3 Å². The van der Waals surface area contributed by atoms with Crippen molar-refractivity contribution in [3.8, 4) is 5.75 Å². The second-order valence-corrected chi connectivity index (χ2v) is 8.78. The predicted molar refractivity (Wildman–Crippen MR) is 137 cm³/mol. The third-order valence-corrected chi connectivity index (χ3v) is 6.14. The van der Waals surface area contributed by atoms with Gasteiger partial charge in [0.1, 0.15) is 12.4 Å². The lowest BCUT2D eigenvalue weighted by Gasteiger charge is -2.12. The molecule has 3 rings (SSSR count). The summed E-state index contributed by atoms with van der Waals surface area (Å²) in [7, 11) is 0. The molecule has 0 fully saturated rings. The number of rotatable bonds is 12. The molecule has 0 unspecified atom stereocenters. The number of amides is 1. The van der Waals surface area contributed by atoms with Crippen LogP contribution in [0.2, 0.25) is 0 Å². The molecule has 8 nitrogen and oxygen atoms in total. The number of anilines is 1. The number of nitrogens with one attached hydrogen (secondary N) is 1. The van der Waals surface area contributed by atoms with Gasteiger partial charge >= 0.3 is 5.97 Å². The highest BCUT2D eigenvalue weighted by Gasteiger charge is 2.15. The van der Waals surface area contributed by atoms with E-state index < -0.39 is 5.97 Å². The van der Waals surface area contributed by atoms with Gasteiger partial charge in [0.05, 0.1) is 17.9 Å². The number of esters is 1. The van der Waals surface area contributed by atoms with Crippen LogP contribution in [0.25, 0.3) is 0 Å². The first kappa shape index (κ1) is 26.0. The molecule has 2 aromatic carbocycles. The number of hydrogen-bond donors (Lipinski definition) is 1. The monoisotopic (exact) mass is 494 g/mol. The average molecular weight is 495 g/mol. The number of allylic oxidation sites excluding steroid dienone is 1. The van der Waals surface area contributed by atoms with Crippen molar-refractivity contribution < 1.29 is 19.1 Å². The Morgan fingerprint density at radius 2 is 1.97 bits per heavy atom. The number of benzene rings is 2. The van der Waals surface area contributed by atoms with Crippen LogP contribution in [0.5, 0.6) is 5.75 Å². The molecule has 184 valence electrons. The van der Waals surface area contributed by atoms with Gasteiger partial charge < -0.3 is 14.8 Å². The molecular weight excluding hydrogens is 464 g/mol. The minimum Gasteiger partial charge on any atom is -0.485 e. The van der Waals surface area contributed by atoms with Crippen molar-refractivity contribution in [3.05, 3.63) is 77.6 Å². The van der Waals surface area contributed by atoms with Crippen molar-refractivity contribution >= 4 is 29.3 Å². The highest BCUT2D eigenvalue weighted by molar-refractivity contribution is 7.99. The van der Waals surface area contributed by atoms with Gasteiger partial charge in [-0.15, -0.1) is 16.8 Å². The maximum Gasteiger partial charge on any atom is 0.338 e. The SMILES string of the molecule is C=CCn1c(COc2cccc(C)c2C)nnc1SCC(=O)Nc1cccc(C(=O)OCCC)c1. The fraction of sp³-hybridized carbons (Fsp3) is 0.308. The van der Waals surface area contributed by atoms with Crippen LogP contribution in [-0.2, 0) is 22.7 Å². The van der Waals surface area contributed by atoms with Gasteiger partial charge in [0.15, 0.2) is 11.0 Å². The zero-order valence-corrected chi connectivity index (χ0v) is 21.1. The third kappa shape index (κ3) is 7.19. The minimum atomic E-state index is -0.412. The van der Waals surface area contributed by atoms with Crippen LogP contribution in [0.3, 0.4) is 0 Å². The van der Waals surface area contributed by atoms with Crippen molar-refractivity contribution in [2.75, 3.05) is 17.7 Å². The highest BCUT2D eigenvalue weighted by Crippen LogP contribution is 2.23. The van der Waals surface area contributed by atoms with Crippen molar-refractivity contribution in [1.82, 2.24) is 14.8 Å². The molecule has 1 aromatic heterocycles. The lowest BCUT2D eigenvalue weighted by atomic mass is 10.1. The summed E-state index contributed by atoms with van der Waals surface area (Å²) < 4.78 is 13.0. The Bertz CT molecular complexity index is 1190. The van der Waals surface area contributed by atoms with E-state index in [1.54, 1.807) is 30.3 Å². The number of aryl methyl sites for hydroxylation is 1. The van der Waals surface area contributed by atoms with Gasteiger partial charge in [0.25, 0.3) is 0 Å². The molecule has 1 heterocycles. The average Bonchev–Trinajstić information content (AvgIpc) is 3.24. The quantitative estimate of drug-likeness (QED) is 0.216. The van der Waals surface area contributed by atoms with Gasteiger partial charge in [-0.2, -0.15) is 0 Å². The minimum absolute atomic E-state index is 0.123. The van der Waals surface area contributed by atoms with Gasteiger partial charge in [0.2, 0.25) is 5.91 Å². The molecule has 0 aliphatic carbocycles. The number of thioether (sulfide) groups is 1. The van der Waals surface area contributed by atoms with Crippen molar-refractivity contribution in [2.45, 2.75) is 45.5 Å². The van der Waals surface area contributed by atoms with E-state index >= 15 is 0 Å². The first-order valence-corrected chi connectivity index (χ1v) is 12.3. The molecule has 1 amide bonds. The smallest absolute Gasteiger partial charge is 0.338 e. The number of aromatic nitrogens is 3. The summed E-state index contributed by atoms with van der Waals surface area (Å²) in [6.45, 7) is 10.9. The summed E-state index contributed by atoms with van der Waals surface area (Å²) in [6, 6.07) is 12.6. The summed E-state index contributed by atoms with van der Waals surface area (Å²) in [5.74, 6) is 0.929. The van der Waals surface area contributed by atoms with Crippen LogP contribution in [0.15, 0.2) is 60.3 Å². The summed E-state index contributed by atoms with van der Waals surface area (Å²) in [4.78, 5) is 24.6. The van der Waals surface area contributed by atoms with Gasteiger partial charge in [-0.1, -0.05) is 43.0 Å². The normalized spacial score (nSPS) is 10.6. The number of nitrogens with zero attached hydrogens (tertiary/aromatic N) is 3. The molecule has 0 radical (unpaired) electrons. The number of hydrogen-bond acceptors (Lipinski definition) is 7. The van der Waals surface area contributed by atoms with Crippen LogP contribution >= 0.6 is 11.8 Å². The van der Waals surface area contributed by atoms with Gasteiger partial charge in [-0.05, 0) is 55.7 Å². The van der Waals surface area contributed by atoms with Crippen LogP contribution in [0, 0.1) is 13.8 Å². The standard InChI is InChI=1S/C26H30N4O4S/c1-5-13-30-23(16-34-22-12-7-9-18(3)19(22)4)28-29-26(30)35-17-24(31)27-21-11-8-10-20(15-21)25(32)33-14-6-2/h5,7-12,15H,1,6,13-14,16-17H2,2-4H3,(H,27,31). The maximum absolute atomic E-state index is 12.5. The lowest BCUT2D eigenvalue weighted by molar-refractivity contribution is -0.113. The molecular formula is C26H30N4O4S. The molecule has 3 aromatic rings. The first-order valence-electron chi connectivity index (χ1n) is 11.3. The highest BCUT2D eigenvalue weighted by atomic mass is 32.2. The Morgan fingerprint density at radius 1 is 1.17 bits per heavy atom. The maximum atomic E-state index is 12.5. The molecule has 0 saturated carbocycles. The molecule has 1 N–H and O–H groups in total. The van der Waals surface area contributed by atoms with Crippen molar-refractivity contribution in [3.63, 3.8) is 0 Å². The zero-order valence-electron chi connectivity index (χ0n) is 20.2. The largest absolute Gasteiger partial charge is 0.485 e. The Balaban J connectivity index is 1.60. The second-order valence-electron chi connectivity index (χ2n) is 7.84. The molecule has 0 saturated heterocycles.